The number of rotatable bonds is 5. The number of anilines is 2. The summed E-state index contributed by atoms with van der Waals surface area (Å²) in [4.78, 5) is 11.5. The average molecular weight is 286 g/mol. The van der Waals surface area contributed by atoms with E-state index in [1.165, 1.54) is 5.56 Å². The molecule has 2 rings (SSSR count). The first-order valence-corrected chi connectivity index (χ1v) is 7.13. The van der Waals surface area contributed by atoms with Crippen LogP contribution in [-0.4, -0.2) is 15.7 Å². The second-order valence-corrected chi connectivity index (χ2v) is 5.16. The summed E-state index contributed by atoms with van der Waals surface area (Å²) in [6.07, 6.45) is 2.35. The van der Waals surface area contributed by atoms with Crippen molar-refractivity contribution in [3.8, 4) is 0 Å². The molecule has 5 nitrogen and oxygen atoms in total. The predicted octanol–water partition coefficient (Wildman–Crippen LogP) is 3.00. The lowest BCUT2D eigenvalue weighted by atomic mass is 10.1. The van der Waals surface area contributed by atoms with Crippen LogP contribution in [-0.2, 0) is 18.4 Å². The molecule has 1 heterocycles. The number of carbonyl (C=O) groups excluding carboxylic acids is 1. The smallest absolute Gasteiger partial charge is 0.224 e. The second kappa shape index (κ2) is 6.43. The molecule has 0 spiro atoms. The lowest BCUT2D eigenvalue weighted by molar-refractivity contribution is -0.115. The topological polar surface area (TPSA) is 59.0 Å². The summed E-state index contributed by atoms with van der Waals surface area (Å²) in [5.41, 5.74) is 5.30. The van der Waals surface area contributed by atoms with Crippen molar-refractivity contribution < 1.29 is 4.79 Å². The lowest BCUT2D eigenvalue weighted by Crippen LogP contribution is -2.10. The van der Waals surface area contributed by atoms with Crippen LogP contribution in [0, 0.1) is 13.8 Å². The summed E-state index contributed by atoms with van der Waals surface area (Å²) in [7, 11) is 1.94. The Labute approximate surface area is 125 Å². The third-order valence-electron chi connectivity index (χ3n) is 3.65. The zero-order valence-corrected chi connectivity index (χ0v) is 13.0. The van der Waals surface area contributed by atoms with Crippen molar-refractivity contribution in [2.75, 3.05) is 10.6 Å². The number of amides is 1. The number of nitrogens with zero attached hydrogens (tertiary/aromatic N) is 2. The molecule has 1 amide bonds. The lowest BCUT2D eigenvalue weighted by Gasteiger charge is -2.12. The highest BCUT2D eigenvalue weighted by Gasteiger charge is 2.06. The van der Waals surface area contributed by atoms with E-state index >= 15 is 0 Å². The molecule has 0 bridgehead atoms. The molecule has 0 saturated heterocycles. The Hall–Kier alpha value is -2.30. The van der Waals surface area contributed by atoms with Crippen molar-refractivity contribution in [2.24, 2.45) is 7.05 Å². The molecule has 0 unspecified atom stereocenters. The Bertz CT molecular complexity index is 646. The first kappa shape index (κ1) is 15.1. The molecule has 0 radical (unpaired) electrons. The molecule has 1 aromatic carbocycles. The zero-order valence-electron chi connectivity index (χ0n) is 13.0. The number of aromatic nitrogens is 2. The van der Waals surface area contributed by atoms with Gasteiger partial charge in [-0.25, -0.2) is 0 Å². The van der Waals surface area contributed by atoms with E-state index in [9.17, 15) is 4.79 Å². The molecule has 0 aliphatic heterocycles. The van der Waals surface area contributed by atoms with Crippen LogP contribution >= 0.6 is 0 Å². The van der Waals surface area contributed by atoms with Crippen molar-refractivity contribution in [2.45, 2.75) is 33.7 Å². The maximum Gasteiger partial charge on any atom is 0.224 e. The molecule has 21 heavy (non-hydrogen) atoms. The van der Waals surface area contributed by atoms with Crippen LogP contribution in [0.3, 0.4) is 0 Å². The monoisotopic (exact) mass is 286 g/mol. The molecule has 112 valence electrons. The predicted molar refractivity (Wildman–Crippen MR) is 85.4 cm³/mol. The average Bonchev–Trinajstić information content (AvgIpc) is 2.79. The van der Waals surface area contributed by atoms with Crippen molar-refractivity contribution in [1.82, 2.24) is 9.78 Å². The van der Waals surface area contributed by atoms with Crippen LogP contribution in [0.15, 0.2) is 24.4 Å². The number of nitrogens with one attached hydrogen (secondary N) is 2. The SMILES string of the molecule is CCC(=O)Nc1ccc(C)c(NCc2cnn(C)c2C)c1. The molecule has 1 aromatic heterocycles. The van der Waals surface area contributed by atoms with Gasteiger partial charge in [-0.1, -0.05) is 13.0 Å². The molecule has 5 heteroatoms. The maximum atomic E-state index is 11.5. The molecule has 2 aromatic rings. The Kier molecular flexibility index (Phi) is 4.62. The fourth-order valence-electron chi connectivity index (χ4n) is 2.05. The Morgan fingerprint density at radius 3 is 2.71 bits per heavy atom. The van der Waals surface area contributed by atoms with Crippen LogP contribution < -0.4 is 10.6 Å². The summed E-state index contributed by atoms with van der Waals surface area (Å²) in [6.45, 7) is 6.65. The highest BCUT2D eigenvalue weighted by atomic mass is 16.1. The third-order valence-corrected chi connectivity index (χ3v) is 3.65. The van der Waals surface area contributed by atoms with E-state index in [-0.39, 0.29) is 5.91 Å². The fraction of sp³-hybridized carbons (Fsp3) is 0.375. The van der Waals surface area contributed by atoms with Gasteiger partial charge in [-0.15, -0.1) is 0 Å². The quantitative estimate of drug-likeness (QED) is 0.888. The molecule has 0 saturated carbocycles. The third kappa shape index (κ3) is 3.62. The van der Waals surface area contributed by atoms with Crippen molar-refractivity contribution in [3.63, 3.8) is 0 Å². The van der Waals surface area contributed by atoms with Gasteiger partial charge in [-0.05, 0) is 31.5 Å². The van der Waals surface area contributed by atoms with Gasteiger partial charge in [0.1, 0.15) is 0 Å². The highest BCUT2D eigenvalue weighted by Crippen LogP contribution is 2.21. The van der Waals surface area contributed by atoms with E-state index in [0.29, 0.717) is 13.0 Å². The summed E-state index contributed by atoms with van der Waals surface area (Å²) < 4.78 is 1.86. The molecular weight excluding hydrogens is 264 g/mol. The number of benzene rings is 1. The van der Waals surface area contributed by atoms with Gasteiger partial charge in [0.15, 0.2) is 0 Å². The zero-order chi connectivity index (χ0) is 15.4. The summed E-state index contributed by atoms with van der Waals surface area (Å²) in [5, 5.41) is 10.5. The largest absolute Gasteiger partial charge is 0.381 e. The Morgan fingerprint density at radius 1 is 1.33 bits per heavy atom. The highest BCUT2D eigenvalue weighted by molar-refractivity contribution is 5.91. The van der Waals surface area contributed by atoms with Gasteiger partial charge < -0.3 is 10.6 Å². The van der Waals surface area contributed by atoms with Crippen LogP contribution in [0.1, 0.15) is 30.2 Å². The van der Waals surface area contributed by atoms with Crippen molar-refractivity contribution in [3.05, 3.63) is 41.2 Å². The standard InChI is InChI=1S/C16H22N4O/c1-5-16(21)19-14-7-6-11(2)15(8-14)17-9-13-10-18-20(4)12(13)3/h6-8,10,17H,5,9H2,1-4H3,(H,19,21). The van der Waals surface area contributed by atoms with E-state index < -0.39 is 0 Å². The Balaban J connectivity index is 2.10. The summed E-state index contributed by atoms with van der Waals surface area (Å²) >= 11 is 0. The van der Waals surface area contributed by atoms with Gasteiger partial charge in [0.25, 0.3) is 0 Å². The number of hydrogen-bond acceptors (Lipinski definition) is 3. The van der Waals surface area contributed by atoms with Crippen molar-refractivity contribution in [1.29, 1.82) is 0 Å². The molecule has 0 fully saturated rings. The first-order valence-electron chi connectivity index (χ1n) is 7.13. The molecule has 0 aliphatic rings. The van der Waals surface area contributed by atoms with E-state index in [1.54, 1.807) is 0 Å². The maximum absolute atomic E-state index is 11.5. The van der Waals surface area contributed by atoms with Crippen LogP contribution in [0.2, 0.25) is 0 Å². The number of hydrogen-bond donors (Lipinski definition) is 2. The molecular formula is C16H22N4O. The normalized spacial score (nSPS) is 10.5. The minimum absolute atomic E-state index is 0.0212. The van der Waals surface area contributed by atoms with Gasteiger partial charge in [-0.3, -0.25) is 9.48 Å². The molecule has 0 aliphatic carbocycles. The van der Waals surface area contributed by atoms with Gasteiger partial charge in [0.05, 0.1) is 6.20 Å². The van der Waals surface area contributed by atoms with Crippen LogP contribution in [0.25, 0.3) is 0 Å². The van der Waals surface area contributed by atoms with Gasteiger partial charge in [-0.2, -0.15) is 5.10 Å². The second-order valence-electron chi connectivity index (χ2n) is 5.16. The summed E-state index contributed by atoms with van der Waals surface area (Å²) in [5.74, 6) is 0.0212. The first-order chi connectivity index (χ1) is 10.0. The van der Waals surface area contributed by atoms with Crippen LogP contribution in [0.5, 0.6) is 0 Å². The fourth-order valence-corrected chi connectivity index (χ4v) is 2.05. The van der Waals surface area contributed by atoms with E-state index in [1.807, 2.05) is 50.0 Å². The molecule has 0 atom stereocenters. The minimum atomic E-state index is 0.0212. The minimum Gasteiger partial charge on any atom is -0.381 e. The van der Waals surface area contributed by atoms with Crippen molar-refractivity contribution >= 4 is 17.3 Å². The van der Waals surface area contributed by atoms with Gasteiger partial charge in [0.2, 0.25) is 5.91 Å². The summed E-state index contributed by atoms with van der Waals surface area (Å²) in [6, 6.07) is 5.89. The number of carbonyl (C=O) groups is 1. The van der Waals surface area contributed by atoms with E-state index in [4.69, 9.17) is 0 Å². The number of aryl methyl sites for hydroxylation is 2. The Morgan fingerprint density at radius 2 is 2.10 bits per heavy atom. The van der Waals surface area contributed by atoms with Crippen LogP contribution in [0.4, 0.5) is 11.4 Å². The molecule has 2 N–H and O–H groups in total. The van der Waals surface area contributed by atoms with E-state index in [2.05, 4.69) is 22.7 Å². The van der Waals surface area contributed by atoms with Gasteiger partial charge >= 0.3 is 0 Å². The van der Waals surface area contributed by atoms with E-state index in [0.717, 1.165) is 22.6 Å². The van der Waals surface area contributed by atoms with Gasteiger partial charge in [0, 0.05) is 42.6 Å².